The van der Waals surface area contributed by atoms with Gasteiger partial charge in [-0.15, -0.1) is 0 Å². The molecule has 2 aromatic rings. The molecule has 1 heterocycles. The molecule has 1 aliphatic carbocycles. The van der Waals surface area contributed by atoms with Crippen LogP contribution >= 0.6 is 0 Å². The van der Waals surface area contributed by atoms with Gasteiger partial charge in [0.2, 0.25) is 5.95 Å². The van der Waals surface area contributed by atoms with E-state index in [9.17, 15) is 0 Å². The molecule has 0 amide bonds. The van der Waals surface area contributed by atoms with E-state index in [0.717, 1.165) is 35.8 Å². The Balaban J connectivity index is 0.000000730. The fourth-order valence-electron chi connectivity index (χ4n) is 2.87. The van der Waals surface area contributed by atoms with Gasteiger partial charge in [0, 0.05) is 18.3 Å². The van der Waals surface area contributed by atoms with Crippen molar-refractivity contribution in [3.63, 3.8) is 0 Å². The van der Waals surface area contributed by atoms with Crippen molar-refractivity contribution in [2.45, 2.75) is 47.5 Å². The van der Waals surface area contributed by atoms with Crippen molar-refractivity contribution in [1.29, 1.82) is 0 Å². The van der Waals surface area contributed by atoms with Crippen LogP contribution in [0.2, 0.25) is 0 Å². The third-order valence-corrected chi connectivity index (χ3v) is 3.96. The largest absolute Gasteiger partial charge is 0.497 e. The predicted octanol–water partition coefficient (Wildman–Crippen LogP) is 4.62. The maximum Gasteiger partial charge on any atom is 0.222 e. The normalized spacial score (nSPS) is 14.4. The van der Waals surface area contributed by atoms with Crippen molar-refractivity contribution in [3.8, 4) is 5.75 Å². The highest BCUT2D eigenvalue weighted by atomic mass is 16.5. The molecule has 0 spiro atoms. The first-order valence-corrected chi connectivity index (χ1v) is 9.11. The third kappa shape index (κ3) is 4.84. The number of nitrogens with zero attached hydrogens (tertiary/aromatic N) is 3. The van der Waals surface area contributed by atoms with Crippen LogP contribution in [0.5, 0.6) is 5.75 Å². The van der Waals surface area contributed by atoms with Gasteiger partial charge in [0.05, 0.1) is 12.8 Å². The number of hydrogen-bond donors (Lipinski definition) is 1. The molecule has 3 rings (SSSR count). The van der Waals surface area contributed by atoms with Gasteiger partial charge < -0.3 is 15.4 Å². The fourth-order valence-corrected chi connectivity index (χ4v) is 2.87. The Morgan fingerprint density at radius 3 is 2.20 bits per heavy atom. The van der Waals surface area contributed by atoms with E-state index in [-0.39, 0.29) is 0 Å². The lowest BCUT2D eigenvalue weighted by Crippen LogP contribution is -2.15. The Bertz CT molecular complexity index is 655. The standard InChI is InChI=1S/C16H20N4O.2C2H6/c1-10-8-13-14(9-10)18-16(17)19-15(13)20(2)11-4-6-12(21-3)7-5-11;2*1-2/h4-7,10H,8-9H2,1-3H3,(H2,17,18,19);2*1-2H3. The SMILES string of the molecule is CC.CC.COc1ccc(N(C)c2nc(N)nc3c2CC(C)C3)cc1. The minimum Gasteiger partial charge on any atom is -0.497 e. The summed E-state index contributed by atoms with van der Waals surface area (Å²) >= 11 is 0. The molecule has 0 bridgehead atoms. The summed E-state index contributed by atoms with van der Waals surface area (Å²) in [6.07, 6.45) is 1.98. The highest BCUT2D eigenvalue weighted by molar-refractivity contribution is 5.65. The molecule has 138 valence electrons. The Morgan fingerprint density at radius 1 is 1.04 bits per heavy atom. The van der Waals surface area contributed by atoms with Gasteiger partial charge >= 0.3 is 0 Å². The zero-order chi connectivity index (χ0) is 19.0. The monoisotopic (exact) mass is 344 g/mol. The zero-order valence-corrected chi connectivity index (χ0v) is 16.6. The van der Waals surface area contributed by atoms with Crippen LogP contribution in [-0.2, 0) is 12.8 Å². The second-order valence-corrected chi connectivity index (χ2v) is 5.60. The van der Waals surface area contributed by atoms with Crippen molar-refractivity contribution in [2.24, 2.45) is 5.92 Å². The number of ether oxygens (including phenoxy) is 1. The molecule has 0 saturated heterocycles. The zero-order valence-electron chi connectivity index (χ0n) is 16.6. The van der Waals surface area contributed by atoms with E-state index >= 15 is 0 Å². The Kier molecular flexibility index (Phi) is 8.19. The van der Waals surface area contributed by atoms with Gasteiger partial charge in [-0.1, -0.05) is 34.6 Å². The highest BCUT2D eigenvalue weighted by Crippen LogP contribution is 2.35. The first-order valence-electron chi connectivity index (χ1n) is 9.11. The van der Waals surface area contributed by atoms with Crippen LogP contribution in [0.25, 0.3) is 0 Å². The molecule has 1 aliphatic rings. The van der Waals surface area contributed by atoms with E-state index in [2.05, 4.69) is 21.8 Å². The quantitative estimate of drug-likeness (QED) is 0.880. The van der Waals surface area contributed by atoms with Crippen LogP contribution in [0.3, 0.4) is 0 Å². The molecule has 1 unspecified atom stereocenters. The number of fused-ring (bicyclic) bond motifs is 1. The first kappa shape index (κ1) is 20.7. The minimum atomic E-state index is 0.346. The van der Waals surface area contributed by atoms with E-state index in [1.807, 2.05) is 59.0 Å². The summed E-state index contributed by atoms with van der Waals surface area (Å²) in [6, 6.07) is 7.92. The summed E-state index contributed by atoms with van der Waals surface area (Å²) in [6.45, 7) is 10.2. The maximum absolute atomic E-state index is 5.87. The summed E-state index contributed by atoms with van der Waals surface area (Å²) in [4.78, 5) is 10.9. The van der Waals surface area contributed by atoms with E-state index in [4.69, 9.17) is 10.5 Å². The molecule has 5 heteroatoms. The van der Waals surface area contributed by atoms with Crippen molar-refractivity contribution in [3.05, 3.63) is 35.5 Å². The molecule has 1 aromatic heterocycles. The van der Waals surface area contributed by atoms with Crippen LogP contribution in [0, 0.1) is 5.92 Å². The smallest absolute Gasteiger partial charge is 0.222 e. The summed E-state index contributed by atoms with van der Waals surface area (Å²) < 4.78 is 5.20. The van der Waals surface area contributed by atoms with Crippen molar-refractivity contribution >= 4 is 17.5 Å². The third-order valence-electron chi connectivity index (χ3n) is 3.96. The van der Waals surface area contributed by atoms with E-state index in [1.165, 1.54) is 5.56 Å². The van der Waals surface area contributed by atoms with Crippen LogP contribution in [0.4, 0.5) is 17.5 Å². The van der Waals surface area contributed by atoms with Crippen molar-refractivity contribution in [1.82, 2.24) is 9.97 Å². The number of hydrogen-bond acceptors (Lipinski definition) is 5. The Hall–Kier alpha value is -2.30. The molecule has 0 aliphatic heterocycles. The summed E-state index contributed by atoms with van der Waals surface area (Å²) in [5.41, 5.74) is 9.23. The Labute approximate surface area is 152 Å². The van der Waals surface area contributed by atoms with Gasteiger partial charge in [-0.3, -0.25) is 0 Å². The molecule has 1 atom stereocenters. The second-order valence-electron chi connectivity index (χ2n) is 5.60. The van der Waals surface area contributed by atoms with Gasteiger partial charge in [0.1, 0.15) is 11.6 Å². The number of rotatable bonds is 3. The molecule has 25 heavy (non-hydrogen) atoms. The van der Waals surface area contributed by atoms with Gasteiger partial charge in [-0.05, 0) is 43.0 Å². The van der Waals surface area contributed by atoms with Gasteiger partial charge in [-0.25, -0.2) is 4.98 Å². The lowest BCUT2D eigenvalue weighted by molar-refractivity contribution is 0.415. The van der Waals surface area contributed by atoms with E-state index < -0.39 is 0 Å². The topological polar surface area (TPSA) is 64.3 Å². The molecular formula is C20H32N4O. The molecular weight excluding hydrogens is 312 g/mol. The molecule has 2 N–H and O–H groups in total. The van der Waals surface area contributed by atoms with Crippen molar-refractivity contribution < 1.29 is 4.74 Å². The lowest BCUT2D eigenvalue weighted by Gasteiger charge is -2.21. The number of benzene rings is 1. The lowest BCUT2D eigenvalue weighted by atomic mass is 10.1. The molecule has 1 aromatic carbocycles. The average molecular weight is 345 g/mol. The van der Waals surface area contributed by atoms with Crippen LogP contribution in [-0.4, -0.2) is 24.1 Å². The summed E-state index contributed by atoms with van der Waals surface area (Å²) in [7, 11) is 3.67. The van der Waals surface area contributed by atoms with Gasteiger partial charge in [-0.2, -0.15) is 4.98 Å². The van der Waals surface area contributed by atoms with Crippen LogP contribution < -0.4 is 15.4 Å². The number of aromatic nitrogens is 2. The molecule has 5 nitrogen and oxygen atoms in total. The van der Waals surface area contributed by atoms with Crippen LogP contribution in [0.1, 0.15) is 45.9 Å². The molecule has 0 fully saturated rings. The first-order chi connectivity index (χ1) is 12.1. The van der Waals surface area contributed by atoms with Crippen LogP contribution in [0.15, 0.2) is 24.3 Å². The number of methoxy groups -OCH3 is 1. The van der Waals surface area contributed by atoms with Crippen molar-refractivity contribution in [2.75, 3.05) is 24.8 Å². The summed E-state index contributed by atoms with van der Waals surface area (Å²) in [5, 5.41) is 0. The predicted molar refractivity (Wildman–Crippen MR) is 107 cm³/mol. The maximum atomic E-state index is 5.87. The van der Waals surface area contributed by atoms with Gasteiger partial charge in [0.15, 0.2) is 0 Å². The summed E-state index contributed by atoms with van der Waals surface area (Å²) in [5.74, 6) is 2.69. The van der Waals surface area contributed by atoms with E-state index in [0.29, 0.717) is 11.9 Å². The molecule has 0 radical (unpaired) electrons. The number of nitrogens with two attached hydrogens (primary N) is 1. The number of nitrogen functional groups attached to an aromatic ring is 1. The fraction of sp³-hybridized carbons (Fsp3) is 0.500. The molecule has 0 saturated carbocycles. The van der Waals surface area contributed by atoms with E-state index in [1.54, 1.807) is 7.11 Å². The highest BCUT2D eigenvalue weighted by Gasteiger charge is 2.25. The Morgan fingerprint density at radius 2 is 1.64 bits per heavy atom. The average Bonchev–Trinajstić information content (AvgIpc) is 3.03. The van der Waals surface area contributed by atoms with Gasteiger partial charge in [0.25, 0.3) is 0 Å². The second kappa shape index (κ2) is 9.87. The number of anilines is 3. The minimum absolute atomic E-state index is 0.346.